The predicted octanol–water partition coefficient (Wildman–Crippen LogP) is 3.50. The minimum absolute atomic E-state index is 0.0356. The minimum atomic E-state index is -0.450. The van der Waals surface area contributed by atoms with E-state index in [1.807, 2.05) is 0 Å². The molecule has 2 aromatic rings. The predicted molar refractivity (Wildman–Crippen MR) is 93.0 cm³/mol. The number of ether oxygens (including phenoxy) is 1. The zero-order valence-corrected chi connectivity index (χ0v) is 13.6. The summed E-state index contributed by atoms with van der Waals surface area (Å²) in [4.78, 5) is 33.1. The van der Waals surface area contributed by atoms with E-state index in [-0.39, 0.29) is 17.5 Å². The standard InChI is InChI=1S/C17H12N2O5S/c20-16-15(25-17(21)18-16)9-11-3-7-14(8-4-11)24-10-12-1-5-13(6-2-12)19(22)23/h1-9H,10H2,(H,18,20,21). The van der Waals surface area contributed by atoms with Gasteiger partial charge in [-0.2, -0.15) is 0 Å². The van der Waals surface area contributed by atoms with Crippen molar-refractivity contribution in [2.75, 3.05) is 0 Å². The van der Waals surface area contributed by atoms with Crippen LogP contribution < -0.4 is 10.1 Å². The largest absolute Gasteiger partial charge is 0.489 e. The summed E-state index contributed by atoms with van der Waals surface area (Å²) in [6.45, 7) is 0.283. The molecule has 0 aliphatic carbocycles. The van der Waals surface area contributed by atoms with Crippen LogP contribution in [0.25, 0.3) is 6.08 Å². The van der Waals surface area contributed by atoms with Gasteiger partial charge in [0.25, 0.3) is 16.8 Å². The van der Waals surface area contributed by atoms with E-state index >= 15 is 0 Å². The summed E-state index contributed by atoms with van der Waals surface area (Å²) in [6, 6.07) is 13.2. The van der Waals surface area contributed by atoms with Crippen LogP contribution in [0.2, 0.25) is 0 Å². The van der Waals surface area contributed by atoms with Crippen molar-refractivity contribution in [2.45, 2.75) is 6.61 Å². The van der Waals surface area contributed by atoms with Crippen molar-refractivity contribution in [2.24, 2.45) is 0 Å². The Morgan fingerprint density at radius 2 is 1.76 bits per heavy atom. The summed E-state index contributed by atoms with van der Waals surface area (Å²) in [5, 5.41) is 12.4. The van der Waals surface area contributed by atoms with Crippen molar-refractivity contribution in [1.29, 1.82) is 0 Å². The van der Waals surface area contributed by atoms with Gasteiger partial charge in [0.15, 0.2) is 0 Å². The van der Waals surface area contributed by atoms with Gasteiger partial charge in [-0.15, -0.1) is 0 Å². The Morgan fingerprint density at radius 1 is 1.08 bits per heavy atom. The Labute approximate surface area is 146 Å². The third-order valence-corrected chi connectivity index (χ3v) is 4.18. The van der Waals surface area contributed by atoms with Gasteiger partial charge in [0, 0.05) is 12.1 Å². The lowest BCUT2D eigenvalue weighted by atomic mass is 10.2. The molecule has 7 nitrogen and oxygen atoms in total. The van der Waals surface area contributed by atoms with Gasteiger partial charge < -0.3 is 4.74 Å². The molecule has 0 bridgehead atoms. The highest BCUT2D eigenvalue weighted by molar-refractivity contribution is 8.18. The van der Waals surface area contributed by atoms with Gasteiger partial charge in [-0.1, -0.05) is 12.1 Å². The summed E-state index contributed by atoms with van der Waals surface area (Å²) in [6.07, 6.45) is 1.63. The first-order valence-electron chi connectivity index (χ1n) is 7.22. The molecule has 1 heterocycles. The summed E-state index contributed by atoms with van der Waals surface area (Å²) in [5.74, 6) is 0.230. The zero-order valence-electron chi connectivity index (χ0n) is 12.8. The highest BCUT2D eigenvalue weighted by atomic mass is 32.2. The summed E-state index contributed by atoms with van der Waals surface area (Å²) >= 11 is 0.866. The molecule has 126 valence electrons. The molecular formula is C17H12N2O5S. The van der Waals surface area contributed by atoms with Gasteiger partial charge >= 0.3 is 0 Å². The van der Waals surface area contributed by atoms with Crippen LogP contribution in [0.4, 0.5) is 10.5 Å². The Bertz CT molecular complexity index is 860. The summed E-state index contributed by atoms with van der Waals surface area (Å²) < 4.78 is 5.63. The number of rotatable bonds is 5. The number of nitrogens with one attached hydrogen (secondary N) is 1. The fraction of sp³-hybridized carbons (Fsp3) is 0.0588. The molecule has 0 atom stereocenters. The van der Waals surface area contributed by atoms with E-state index in [2.05, 4.69) is 5.32 Å². The van der Waals surface area contributed by atoms with Crippen LogP contribution in [0.5, 0.6) is 5.75 Å². The van der Waals surface area contributed by atoms with Crippen LogP contribution >= 0.6 is 11.8 Å². The smallest absolute Gasteiger partial charge is 0.290 e. The van der Waals surface area contributed by atoms with Gasteiger partial charge in [0.05, 0.1) is 9.83 Å². The van der Waals surface area contributed by atoms with Gasteiger partial charge in [-0.3, -0.25) is 25.0 Å². The maximum atomic E-state index is 11.5. The number of hydrogen-bond acceptors (Lipinski definition) is 6. The van der Waals surface area contributed by atoms with Gasteiger partial charge in [0.2, 0.25) is 0 Å². The van der Waals surface area contributed by atoms with Crippen molar-refractivity contribution >= 4 is 34.7 Å². The molecule has 1 N–H and O–H groups in total. The SMILES string of the molecule is O=C1NC(=O)C(=Cc2ccc(OCc3ccc([N+](=O)[O-])cc3)cc2)S1. The summed E-state index contributed by atoms with van der Waals surface area (Å²) in [5.41, 5.74) is 1.62. The third-order valence-electron chi connectivity index (χ3n) is 3.37. The topological polar surface area (TPSA) is 98.5 Å². The number of carbonyl (C=O) groups is 2. The van der Waals surface area contributed by atoms with Gasteiger partial charge in [-0.25, -0.2) is 0 Å². The zero-order chi connectivity index (χ0) is 17.8. The van der Waals surface area contributed by atoms with E-state index in [1.54, 1.807) is 42.5 Å². The second kappa shape index (κ2) is 7.18. The molecule has 0 saturated carbocycles. The van der Waals surface area contributed by atoms with Crippen LogP contribution in [0.15, 0.2) is 53.4 Å². The molecule has 2 aromatic carbocycles. The van der Waals surface area contributed by atoms with Crippen LogP contribution in [0, 0.1) is 10.1 Å². The number of hydrogen-bond donors (Lipinski definition) is 1. The van der Waals surface area contributed by atoms with Gasteiger partial charge in [-0.05, 0) is 53.2 Å². The summed E-state index contributed by atoms with van der Waals surface area (Å²) in [7, 11) is 0. The Hall–Kier alpha value is -3.13. The molecule has 25 heavy (non-hydrogen) atoms. The molecule has 0 radical (unpaired) electrons. The van der Waals surface area contributed by atoms with Crippen LogP contribution in [0.3, 0.4) is 0 Å². The average Bonchev–Trinajstić information content (AvgIpc) is 2.92. The second-order valence-corrected chi connectivity index (χ2v) is 6.15. The molecule has 1 aliphatic heterocycles. The first-order valence-corrected chi connectivity index (χ1v) is 8.04. The van der Waals surface area contributed by atoms with Gasteiger partial charge in [0.1, 0.15) is 12.4 Å². The number of nitro groups is 1. The molecule has 3 rings (SSSR count). The number of benzene rings is 2. The molecule has 2 amide bonds. The number of nitrogens with zero attached hydrogens (tertiary/aromatic N) is 1. The van der Waals surface area contributed by atoms with Crippen LogP contribution in [0.1, 0.15) is 11.1 Å². The first kappa shape index (κ1) is 16.7. The second-order valence-electron chi connectivity index (χ2n) is 5.13. The van der Waals surface area contributed by atoms with E-state index in [1.165, 1.54) is 12.1 Å². The third kappa shape index (κ3) is 4.24. The lowest BCUT2D eigenvalue weighted by Crippen LogP contribution is -2.17. The van der Waals surface area contributed by atoms with E-state index < -0.39 is 10.8 Å². The number of thioether (sulfide) groups is 1. The van der Waals surface area contributed by atoms with Crippen molar-refractivity contribution < 1.29 is 19.2 Å². The molecule has 8 heteroatoms. The highest BCUT2D eigenvalue weighted by Crippen LogP contribution is 2.26. The van der Waals surface area contributed by atoms with Crippen molar-refractivity contribution in [3.8, 4) is 5.75 Å². The number of imide groups is 1. The van der Waals surface area contributed by atoms with Crippen LogP contribution in [-0.2, 0) is 11.4 Å². The van der Waals surface area contributed by atoms with Crippen molar-refractivity contribution in [1.82, 2.24) is 5.32 Å². The number of non-ortho nitro benzene ring substituents is 1. The molecule has 1 saturated heterocycles. The normalized spacial score (nSPS) is 15.3. The minimum Gasteiger partial charge on any atom is -0.489 e. The van der Waals surface area contributed by atoms with E-state index in [4.69, 9.17) is 4.74 Å². The quantitative estimate of drug-likeness (QED) is 0.500. The molecular weight excluding hydrogens is 344 g/mol. The lowest BCUT2D eigenvalue weighted by Gasteiger charge is -2.06. The molecule has 1 aliphatic rings. The lowest BCUT2D eigenvalue weighted by molar-refractivity contribution is -0.384. The maximum Gasteiger partial charge on any atom is 0.290 e. The fourth-order valence-corrected chi connectivity index (χ4v) is 2.80. The molecule has 0 spiro atoms. The Kier molecular flexibility index (Phi) is 4.80. The monoisotopic (exact) mass is 356 g/mol. The van der Waals surface area contributed by atoms with E-state index in [0.717, 1.165) is 22.9 Å². The Morgan fingerprint density at radius 3 is 2.32 bits per heavy atom. The van der Waals surface area contributed by atoms with Crippen LogP contribution in [-0.4, -0.2) is 16.1 Å². The number of carbonyl (C=O) groups excluding carboxylic acids is 2. The fourth-order valence-electron chi connectivity index (χ4n) is 2.11. The first-order chi connectivity index (χ1) is 12.0. The molecule has 0 aromatic heterocycles. The highest BCUT2D eigenvalue weighted by Gasteiger charge is 2.24. The maximum absolute atomic E-state index is 11.5. The molecule has 1 fully saturated rings. The van der Waals surface area contributed by atoms with E-state index in [9.17, 15) is 19.7 Å². The van der Waals surface area contributed by atoms with Crippen molar-refractivity contribution in [3.63, 3.8) is 0 Å². The number of amides is 2. The Balaban J connectivity index is 1.61. The van der Waals surface area contributed by atoms with E-state index in [0.29, 0.717) is 10.7 Å². The number of nitro benzene ring substituents is 1. The molecule has 0 unspecified atom stereocenters. The average molecular weight is 356 g/mol. The van der Waals surface area contributed by atoms with Crippen molar-refractivity contribution in [3.05, 3.63) is 74.7 Å².